The largest absolute Gasteiger partial charge is 0.345 e. The van der Waals surface area contributed by atoms with Crippen molar-refractivity contribution in [3.05, 3.63) is 107 Å². The highest BCUT2D eigenvalue weighted by Gasteiger charge is 2.34. The van der Waals surface area contributed by atoms with Crippen LogP contribution in [0.4, 0.5) is 0 Å². The molecule has 9 nitrogen and oxygen atoms in total. The van der Waals surface area contributed by atoms with Gasteiger partial charge in [0, 0.05) is 42.8 Å². The predicted octanol–water partition coefficient (Wildman–Crippen LogP) is 5.80. The van der Waals surface area contributed by atoms with Crippen LogP contribution < -0.4 is 0 Å². The van der Waals surface area contributed by atoms with E-state index in [1.165, 1.54) is 4.90 Å². The molecule has 39 heavy (non-hydrogen) atoms. The van der Waals surface area contributed by atoms with Gasteiger partial charge >= 0.3 is 0 Å². The van der Waals surface area contributed by atoms with E-state index in [1.54, 1.807) is 55.5 Å². The topological polar surface area (TPSA) is 110 Å². The first kappa shape index (κ1) is 26.3. The first-order chi connectivity index (χ1) is 19.0. The number of amides is 2. The molecule has 2 amide bonds. The number of imide groups is 1. The fourth-order valence-corrected chi connectivity index (χ4v) is 4.63. The number of aromatic nitrogens is 6. The van der Waals surface area contributed by atoms with Gasteiger partial charge in [-0.3, -0.25) is 14.5 Å². The van der Waals surface area contributed by atoms with Gasteiger partial charge < -0.3 is 9.55 Å². The van der Waals surface area contributed by atoms with Crippen LogP contribution in [0.3, 0.4) is 0 Å². The average molecular weight is 560 g/mol. The zero-order valence-electron chi connectivity index (χ0n) is 20.7. The van der Waals surface area contributed by atoms with Crippen molar-refractivity contribution in [1.29, 1.82) is 0 Å². The van der Waals surface area contributed by atoms with Crippen LogP contribution in [-0.2, 0) is 6.54 Å². The molecule has 0 bridgehead atoms. The third-order valence-corrected chi connectivity index (χ3v) is 6.74. The summed E-state index contributed by atoms with van der Waals surface area (Å²) in [5, 5.41) is 0.912. The third-order valence-electron chi connectivity index (χ3n) is 6.14. The van der Waals surface area contributed by atoms with Crippen LogP contribution in [0.15, 0.2) is 86.0 Å². The van der Waals surface area contributed by atoms with Crippen LogP contribution in [0, 0.1) is 0 Å². The number of H-pyrrole nitrogens is 1. The van der Waals surface area contributed by atoms with Gasteiger partial charge in [-0.05, 0) is 49.2 Å². The zero-order valence-corrected chi connectivity index (χ0v) is 22.2. The van der Waals surface area contributed by atoms with Gasteiger partial charge in [0.2, 0.25) is 0 Å². The Morgan fingerprint density at radius 3 is 1.97 bits per heavy atom. The summed E-state index contributed by atoms with van der Waals surface area (Å²) in [5.41, 5.74) is 4.31. The smallest absolute Gasteiger partial charge is 0.261 e. The van der Waals surface area contributed by atoms with Crippen molar-refractivity contribution in [2.45, 2.75) is 19.4 Å². The van der Waals surface area contributed by atoms with Gasteiger partial charge in [0.15, 0.2) is 0 Å². The van der Waals surface area contributed by atoms with Crippen LogP contribution in [-0.4, -0.2) is 52.7 Å². The molecule has 1 N–H and O–H groups in total. The van der Waals surface area contributed by atoms with Crippen LogP contribution in [0.1, 0.15) is 33.6 Å². The lowest BCUT2D eigenvalue weighted by atomic mass is 10.1. The van der Waals surface area contributed by atoms with E-state index in [1.807, 2.05) is 35.0 Å². The van der Waals surface area contributed by atoms with Gasteiger partial charge in [0.1, 0.15) is 10.3 Å². The summed E-state index contributed by atoms with van der Waals surface area (Å²) in [4.78, 5) is 45.2. The molecule has 5 aromatic rings. The number of carbonyl (C=O) groups excluding carboxylic acids is 2. The molecular formula is C28H23Cl2N7O2. The maximum Gasteiger partial charge on any atom is 0.261 e. The van der Waals surface area contributed by atoms with Crippen molar-refractivity contribution >= 4 is 35.0 Å². The lowest BCUT2D eigenvalue weighted by Crippen LogP contribution is -2.30. The highest BCUT2D eigenvalue weighted by molar-refractivity contribution is 6.32. The molecule has 0 radical (unpaired) electrons. The Kier molecular flexibility index (Phi) is 8.10. The molecule has 11 heteroatoms. The fraction of sp³-hybridized carbons (Fsp3) is 0.143. The predicted molar refractivity (Wildman–Crippen MR) is 148 cm³/mol. The van der Waals surface area contributed by atoms with E-state index in [2.05, 4.69) is 24.9 Å². The minimum absolute atomic E-state index is 0.202. The first-order valence-electron chi connectivity index (χ1n) is 12.2. The Morgan fingerprint density at radius 2 is 1.36 bits per heavy atom. The van der Waals surface area contributed by atoms with E-state index in [0.717, 1.165) is 41.9 Å². The molecule has 0 fully saturated rings. The van der Waals surface area contributed by atoms with Crippen LogP contribution in [0.2, 0.25) is 10.3 Å². The number of nitrogens with zero attached hydrogens (tertiary/aromatic N) is 6. The summed E-state index contributed by atoms with van der Waals surface area (Å²) in [6.07, 6.45) is 11.8. The van der Waals surface area contributed by atoms with E-state index in [4.69, 9.17) is 23.2 Å². The van der Waals surface area contributed by atoms with Crippen LogP contribution in [0.5, 0.6) is 0 Å². The molecule has 0 unspecified atom stereocenters. The summed E-state index contributed by atoms with van der Waals surface area (Å²) < 4.78 is 1.97. The Hall–Kier alpha value is -4.34. The minimum Gasteiger partial charge on any atom is -0.345 e. The molecule has 196 valence electrons. The van der Waals surface area contributed by atoms with E-state index in [9.17, 15) is 9.59 Å². The number of aromatic amines is 1. The van der Waals surface area contributed by atoms with Gasteiger partial charge in [0.05, 0.1) is 41.4 Å². The number of unbranched alkanes of at least 4 members (excludes halogenated alkanes) is 1. The molecule has 4 aromatic heterocycles. The van der Waals surface area contributed by atoms with Crippen molar-refractivity contribution in [3.63, 3.8) is 0 Å². The number of fused-ring (bicyclic) bond motifs is 1. The van der Waals surface area contributed by atoms with Gasteiger partial charge in [0.25, 0.3) is 11.8 Å². The van der Waals surface area contributed by atoms with Crippen molar-refractivity contribution in [3.8, 4) is 22.5 Å². The third kappa shape index (κ3) is 5.89. The Balaban J connectivity index is 0.000000214. The van der Waals surface area contributed by atoms with Gasteiger partial charge in [-0.2, -0.15) is 0 Å². The number of imidazole rings is 2. The Morgan fingerprint density at radius 1 is 0.744 bits per heavy atom. The second-order valence-electron chi connectivity index (χ2n) is 8.66. The van der Waals surface area contributed by atoms with E-state index in [-0.39, 0.29) is 11.8 Å². The summed E-state index contributed by atoms with van der Waals surface area (Å²) in [7, 11) is 0. The molecule has 6 rings (SSSR count). The number of benzene rings is 1. The van der Waals surface area contributed by atoms with E-state index in [0.29, 0.717) is 28.0 Å². The first-order valence-corrected chi connectivity index (χ1v) is 13.0. The average Bonchev–Trinajstić information content (AvgIpc) is 3.70. The van der Waals surface area contributed by atoms with Crippen LogP contribution in [0.25, 0.3) is 22.5 Å². The Labute approximate surface area is 234 Å². The van der Waals surface area contributed by atoms with Crippen molar-refractivity contribution in [2.24, 2.45) is 0 Å². The molecule has 0 saturated carbocycles. The Bertz CT molecular complexity index is 1570. The molecule has 0 atom stereocenters. The summed E-state index contributed by atoms with van der Waals surface area (Å²) >= 11 is 12.0. The van der Waals surface area contributed by atoms with Gasteiger partial charge in [-0.1, -0.05) is 35.3 Å². The zero-order chi connectivity index (χ0) is 27.2. The standard InChI is InChI=1S/C20H17ClN4O2.C8H6ClN3/c21-18-16(8-5-9-22-18)17-12-24(13-23-17)10-3-4-11-25-19(26)14-6-1-2-7-15(14)20(25)27;9-8-6(2-1-3-11-8)7-4-10-5-12-7/h1-2,5-9,12-13H,3-4,10-11H2;1-5H,(H,10,12). The number of rotatable bonds is 7. The number of hydrogen-bond donors (Lipinski definition) is 1. The minimum atomic E-state index is -0.202. The summed E-state index contributed by atoms with van der Waals surface area (Å²) in [6, 6.07) is 14.4. The SMILES string of the molecule is Clc1ncccc1-c1cnc[nH]1.O=C1c2ccccc2C(=O)N1CCCCn1cnc(-c2cccnc2Cl)c1. The second-order valence-corrected chi connectivity index (χ2v) is 9.38. The molecule has 5 heterocycles. The van der Waals surface area contributed by atoms with Gasteiger partial charge in [-0.25, -0.2) is 19.9 Å². The molecule has 0 aliphatic carbocycles. The quantitative estimate of drug-likeness (QED) is 0.153. The molecule has 1 aliphatic rings. The van der Waals surface area contributed by atoms with Crippen molar-refractivity contribution in [1.82, 2.24) is 34.4 Å². The molecule has 0 spiro atoms. The normalized spacial score (nSPS) is 12.3. The van der Waals surface area contributed by atoms with E-state index < -0.39 is 0 Å². The molecule has 1 aliphatic heterocycles. The maximum absolute atomic E-state index is 12.3. The number of carbonyl (C=O) groups is 2. The van der Waals surface area contributed by atoms with Crippen LogP contribution >= 0.6 is 23.2 Å². The second kappa shape index (κ2) is 12.0. The lowest BCUT2D eigenvalue weighted by Gasteiger charge is -2.13. The maximum atomic E-state index is 12.3. The summed E-state index contributed by atoms with van der Waals surface area (Å²) in [5.74, 6) is -0.404. The lowest BCUT2D eigenvalue weighted by molar-refractivity contribution is 0.0651. The number of halogens is 2. The van der Waals surface area contributed by atoms with Crippen molar-refractivity contribution in [2.75, 3.05) is 6.54 Å². The monoisotopic (exact) mass is 559 g/mol. The molecule has 1 aromatic carbocycles. The molecule has 0 saturated heterocycles. The van der Waals surface area contributed by atoms with Crippen molar-refractivity contribution < 1.29 is 9.59 Å². The molecular weight excluding hydrogens is 537 g/mol. The number of nitrogens with one attached hydrogen (secondary N) is 1. The highest BCUT2D eigenvalue weighted by Crippen LogP contribution is 2.25. The highest BCUT2D eigenvalue weighted by atomic mass is 35.5. The number of aryl methyl sites for hydroxylation is 1. The number of pyridine rings is 2. The number of hydrogen-bond acceptors (Lipinski definition) is 6. The van der Waals surface area contributed by atoms with E-state index >= 15 is 0 Å². The fourth-order valence-electron chi connectivity index (χ4n) is 4.20. The van der Waals surface area contributed by atoms with Gasteiger partial charge in [-0.15, -0.1) is 0 Å². The summed E-state index contributed by atoms with van der Waals surface area (Å²) in [6.45, 7) is 1.16.